The Morgan fingerprint density at radius 3 is 2.58 bits per heavy atom. The van der Waals surface area contributed by atoms with E-state index in [1.165, 1.54) is 0 Å². The molecule has 184 valence electrons. The molecule has 4 aromatic rings. The average Bonchev–Trinajstić information content (AvgIpc) is 3.35. The second kappa shape index (κ2) is 11.9. The number of hydrogen-bond acceptors (Lipinski definition) is 8. The summed E-state index contributed by atoms with van der Waals surface area (Å²) >= 11 is 0. The number of nitrogens with zero attached hydrogens (tertiary/aromatic N) is 7. The third-order valence-electron chi connectivity index (χ3n) is 5.56. The van der Waals surface area contributed by atoms with Gasteiger partial charge in [-0.15, -0.1) is 0 Å². The zero-order valence-electron chi connectivity index (χ0n) is 20.8. The molecule has 2 aromatic carbocycles. The molecular weight excluding hydrogens is 452 g/mol. The van der Waals surface area contributed by atoms with Crippen LogP contribution >= 0.6 is 0 Å². The smallest absolute Gasteiger partial charge is 0.227 e. The summed E-state index contributed by atoms with van der Waals surface area (Å²) < 4.78 is 7.29. The molecule has 0 saturated carbocycles. The molecule has 0 unspecified atom stereocenters. The molecule has 0 atom stereocenters. The van der Waals surface area contributed by atoms with Crippen molar-refractivity contribution in [2.24, 2.45) is 0 Å². The first kappa shape index (κ1) is 24.8. The minimum Gasteiger partial charge on any atom is -0.380 e. The second-order valence-corrected chi connectivity index (χ2v) is 8.24. The van der Waals surface area contributed by atoms with Crippen LogP contribution in [0.5, 0.6) is 0 Å². The summed E-state index contributed by atoms with van der Waals surface area (Å²) in [5.74, 6) is 1.20. The van der Waals surface area contributed by atoms with Crippen LogP contribution in [0.1, 0.15) is 31.7 Å². The molecule has 9 heteroatoms. The van der Waals surface area contributed by atoms with Gasteiger partial charge >= 0.3 is 0 Å². The molecule has 9 nitrogen and oxygen atoms in total. The fourth-order valence-electron chi connectivity index (χ4n) is 3.84. The van der Waals surface area contributed by atoms with Crippen molar-refractivity contribution in [1.29, 1.82) is 5.26 Å². The maximum Gasteiger partial charge on any atom is 0.227 e. The Bertz CT molecular complexity index is 1330. The lowest BCUT2D eigenvalue weighted by Gasteiger charge is -2.25. The molecule has 0 saturated heterocycles. The van der Waals surface area contributed by atoms with Crippen LogP contribution in [0.4, 0.5) is 17.3 Å². The van der Waals surface area contributed by atoms with Gasteiger partial charge in [-0.3, -0.25) is 0 Å². The van der Waals surface area contributed by atoms with Crippen LogP contribution in [-0.4, -0.2) is 51.0 Å². The summed E-state index contributed by atoms with van der Waals surface area (Å²) in [6.07, 6.45) is 4.40. The van der Waals surface area contributed by atoms with Gasteiger partial charge in [0.2, 0.25) is 5.95 Å². The summed E-state index contributed by atoms with van der Waals surface area (Å²) in [5, 5.41) is 17.3. The summed E-state index contributed by atoms with van der Waals surface area (Å²) in [5.41, 5.74) is 4.94. The van der Waals surface area contributed by atoms with Gasteiger partial charge in [0.1, 0.15) is 12.2 Å². The lowest BCUT2D eigenvalue weighted by Crippen LogP contribution is -2.28. The van der Waals surface area contributed by atoms with Crippen LogP contribution < -0.4 is 10.2 Å². The highest BCUT2D eigenvalue weighted by atomic mass is 16.5. The Kier molecular flexibility index (Phi) is 8.21. The van der Waals surface area contributed by atoms with E-state index in [4.69, 9.17) is 9.72 Å². The van der Waals surface area contributed by atoms with E-state index in [2.05, 4.69) is 44.3 Å². The first-order chi connectivity index (χ1) is 17.6. The van der Waals surface area contributed by atoms with Gasteiger partial charge in [0, 0.05) is 42.8 Å². The number of hydrogen-bond donors (Lipinski definition) is 1. The third-order valence-corrected chi connectivity index (χ3v) is 5.56. The van der Waals surface area contributed by atoms with Crippen LogP contribution in [-0.2, 0) is 4.74 Å². The quantitative estimate of drug-likeness (QED) is 0.301. The Balaban J connectivity index is 1.56. The first-order valence-corrected chi connectivity index (χ1v) is 12.1. The maximum atomic E-state index is 9.67. The van der Waals surface area contributed by atoms with Crippen LogP contribution in [0, 0.1) is 18.3 Å². The molecule has 0 amide bonds. The van der Waals surface area contributed by atoms with Crippen molar-refractivity contribution >= 4 is 17.3 Å². The molecule has 1 N–H and O–H groups in total. The lowest BCUT2D eigenvalue weighted by atomic mass is 10.1. The Morgan fingerprint density at radius 1 is 1.06 bits per heavy atom. The van der Waals surface area contributed by atoms with Gasteiger partial charge < -0.3 is 15.0 Å². The molecule has 0 radical (unpaired) electrons. The molecule has 2 aromatic heterocycles. The van der Waals surface area contributed by atoms with E-state index >= 15 is 0 Å². The number of benzene rings is 2. The topological polar surface area (TPSA) is 105 Å². The largest absolute Gasteiger partial charge is 0.380 e. The second-order valence-electron chi connectivity index (χ2n) is 8.24. The van der Waals surface area contributed by atoms with E-state index in [1.807, 2.05) is 56.3 Å². The number of aryl methyl sites for hydroxylation is 1. The van der Waals surface area contributed by atoms with E-state index in [9.17, 15) is 5.26 Å². The van der Waals surface area contributed by atoms with Gasteiger partial charge in [0.15, 0.2) is 0 Å². The van der Waals surface area contributed by atoms with Crippen molar-refractivity contribution in [3.63, 3.8) is 0 Å². The minimum absolute atomic E-state index is 0.475. The standard InChI is InChI=1S/C27H30N8O/c1-4-12-34(13-14-36-5-2)25-16-21(18-28)15-22(17-25)26-10-11-29-27(32-26)31-23-6-8-24(9-7-23)35-19-30-20(3)33-35/h6-11,15-17,19H,4-5,12-14H2,1-3H3,(H,29,31,32). The summed E-state index contributed by atoms with van der Waals surface area (Å²) in [7, 11) is 0. The Morgan fingerprint density at radius 2 is 1.89 bits per heavy atom. The molecule has 0 aliphatic heterocycles. The normalized spacial score (nSPS) is 10.7. The molecule has 36 heavy (non-hydrogen) atoms. The maximum absolute atomic E-state index is 9.67. The van der Waals surface area contributed by atoms with Crippen molar-refractivity contribution < 1.29 is 4.74 Å². The number of anilines is 3. The van der Waals surface area contributed by atoms with Crippen LogP contribution in [0.2, 0.25) is 0 Å². The number of aromatic nitrogens is 5. The highest BCUT2D eigenvalue weighted by Crippen LogP contribution is 2.27. The molecule has 0 fully saturated rings. The predicted octanol–water partition coefficient (Wildman–Crippen LogP) is 4.90. The SMILES string of the molecule is CCCN(CCOCC)c1cc(C#N)cc(-c2ccnc(Nc3ccc(-n4cnc(C)n4)cc3)n2)c1. The van der Waals surface area contributed by atoms with Crippen molar-refractivity contribution in [3.8, 4) is 23.0 Å². The van der Waals surface area contributed by atoms with Crippen LogP contribution in [0.3, 0.4) is 0 Å². The molecule has 0 aliphatic rings. The zero-order chi connectivity index (χ0) is 25.3. The summed E-state index contributed by atoms with van der Waals surface area (Å²) in [4.78, 5) is 15.5. The number of rotatable bonds is 11. The van der Waals surface area contributed by atoms with E-state index in [0.717, 1.165) is 53.7 Å². The van der Waals surface area contributed by atoms with Gasteiger partial charge in [-0.25, -0.2) is 19.6 Å². The third kappa shape index (κ3) is 6.23. The minimum atomic E-state index is 0.475. The highest BCUT2D eigenvalue weighted by molar-refractivity contribution is 5.70. The lowest BCUT2D eigenvalue weighted by molar-refractivity contribution is 0.154. The van der Waals surface area contributed by atoms with Crippen molar-refractivity contribution in [2.45, 2.75) is 27.2 Å². The predicted molar refractivity (Wildman–Crippen MR) is 141 cm³/mol. The van der Waals surface area contributed by atoms with E-state index in [0.29, 0.717) is 24.7 Å². The van der Waals surface area contributed by atoms with Gasteiger partial charge in [-0.1, -0.05) is 6.92 Å². The fourth-order valence-corrected chi connectivity index (χ4v) is 3.84. The van der Waals surface area contributed by atoms with Crippen molar-refractivity contribution in [3.05, 3.63) is 72.4 Å². The number of nitrogens with one attached hydrogen (secondary N) is 1. The number of ether oxygens (including phenoxy) is 1. The highest BCUT2D eigenvalue weighted by Gasteiger charge is 2.12. The van der Waals surface area contributed by atoms with E-state index in [-0.39, 0.29) is 0 Å². The summed E-state index contributed by atoms with van der Waals surface area (Å²) in [6.45, 7) is 8.95. The average molecular weight is 483 g/mol. The van der Waals surface area contributed by atoms with Crippen LogP contribution in [0.25, 0.3) is 16.9 Å². The van der Waals surface area contributed by atoms with Gasteiger partial charge in [0.05, 0.1) is 29.6 Å². The summed E-state index contributed by atoms with van der Waals surface area (Å²) in [6, 6.07) is 17.8. The van der Waals surface area contributed by atoms with Crippen molar-refractivity contribution in [1.82, 2.24) is 24.7 Å². The van der Waals surface area contributed by atoms with Crippen molar-refractivity contribution in [2.75, 3.05) is 36.5 Å². The molecular formula is C27H30N8O. The van der Waals surface area contributed by atoms with E-state index in [1.54, 1.807) is 17.2 Å². The Hall–Kier alpha value is -4.29. The molecule has 4 rings (SSSR count). The molecule has 0 spiro atoms. The zero-order valence-corrected chi connectivity index (χ0v) is 20.8. The molecule has 2 heterocycles. The Labute approximate surface area is 211 Å². The van der Waals surface area contributed by atoms with Gasteiger partial charge in [-0.05, 0) is 68.8 Å². The van der Waals surface area contributed by atoms with Crippen LogP contribution in [0.15, 0.2) is 61.1 Å². The monoisotopic (exact) mass is 482 g/mol. The molecule has 0 aliphatic carbocycles. The number of nitriles is 1. The first-order valence-electron chi connectivity index (χ1n) is 12.1. The fraction of sp³-hybridized carbons (Fsp3) is 0.296. The van der Waals surface area contributed by atoms with E-state index < -0.39 is 0 Å². The molecule has 0 bridgehead atoms. The van der Waals surface area contributed by atoms with Gasteiger partial charge in [-0.2, -0.15) is 10.4 Å². The van der Waals surface area contributed by atoms with Gasteiger partial charge in [0.25, 0.3) is 0 Å².